The van der Waals surface area contributed by atoms with E-state index in [1.165, 1.54) is 6.07 Å². The van der Waals surface area contributed by atoms with E-state index in [4.69, 9.17) is 15.2 Å². The van der Waals surface area contributed by atoms with Crippen molar-refractivity contribution in [3.8, 4) is 17.2 Å². The lowest BCUT2D eigenvalue weighted by atomic mass is 10.2. The highest BCUT2D eigenvalue weighted by Gasteiger charge is 2.09. The van der Waals surface area contributed by atoms with Gasteiger partial charge in [0, 0.05) is 18.2 Å². The Labute approximate surface area is 111 Å². The molecule has 100 valence electrons. The maximum absolute atomic E-state index is 13.7. The van der Waals surface area contributed by atoms with Crippen LogP contribution in [0.25, 0.3) is 0 Å². The number of hydrogen-bond donors (Lipinski definition) is 1. The molecular formula is C15H16FNO2. The van der Waals surface area contributed by atoms with E-state index in [1.54, 1.807) is 31.4 Å². The number of rotatable bonds is 4. The number of ether oxygens (including phenoxy) is 2. The van der Waals surface area contributed by atoms with Crippen molar-refractivity contribution in [2.45, 2.75) is 13.5 Å². The minimum Gasteiger partial charge on any atom is -0.497 e. The van der Waals surface area contributed by atoms with Crippen LogP contribution in [0.15, 0.2) is 36.4 Å². The molecular weight excluding hydrogens is 245 g/mol. The Morgan fingerprint density at radius 2 is 1.89 bits per heavy atom. The molecule has 0 atom stereocenters. The molecule has 2 aromatic rings. The second-order valence-corrected chi connectivity index (χ2v) is 4.21. The standard InChI is InChI=1S/C15H16FNO2/c1-10-3-6-13(16)15(7-10)19-14-8-12(18-2)5-4-11(14)9-17/h3-8H,9,17H2,1-2H3. The average Bonchev–Trinajstić information content (AvgIpc) is 2.42. The van der Waals surface area contributed by atoms with Crippen LogP contribution in [0.1, 0.15) is 11.1 Å². The number of hydrogen-bond acceptors (Lipinski definition) is 3. The van der Waals surface area contributed by atoms with Gasteiger partial charge in [-0.15, -0.1) is 0 Å². The summed E-state index contributed by atoms with van der Waals surface area (Å²) in [6.07, 6.45) is 0. The number of aryl methyl sites for hydroxylation is 1. The Morgan fingerprint density at radius 3 is 2.58 bits per heavy atom. The molecule has 0 aliphatic rings. The van der Waals surface area contributed by atoms with Crippen molar-refractivity contribution in [3.63, 3.8) is 0 Å². The highest BCUT2D eigenvalue weighted by atomic mass is 19.1. The number of nitrogens with two attached hydrogens (primary N) is 1. The summed E-state index contributed by atoms with van der Waals surface area (Å²) in [7, 11) is 1.56. The van der Waals surface area contributed by atoms with Crippen molar-refractivity contribution in [3.05, 3.63) is 53.3 Å². The topological polar surface area (TPSA) is 44.5 Å². The largest absolute Gasteiger partial charge is 0.497 e. The van der Waals surface area contributed by atoms with Crippen LogP contribution < -0.4 is 15.2 Å². The molecule has 0 spiro atoms. The van der Waals surface area contributed by atoms with Crippen LogP contribution in [0.4, 0.5) is 4.39 Å². The molecule has 2 N–H and O–H groups in total. The molecule has 0 heterocycles. The Balaban J connectivity index is 2.38. The maximum Gasteiger partial charge on any atom is 0.165 e. The van der Waals surface area contributed by atoms with Crippen molar-refractivity contribution in [2.24, 2.45) is 5.73 Å². The third-order valence-corrected chi connectivity index (χ3v) is 2.80. The van der Waals surface area contributed by atoms with Gasteiger partial charge in [0.1, 0.15) is 11.5 Å². The summed E-state index contributed by atoms with van der Waals surface area (Å²) in [4.78, 5) is 0. The quantitative estimate of drug-likeness (QED) is 0.917. The van der Waals surface area contributed by atoms with Crippen LogP contribution in [0, 0.1) is 12.7 Å². The summed E-state index contributed by atoms with van der Waals surface area (Å²) in [5.74, 6) is 0.922. The summed E-state index contributed by atoms with van der Waals surface area (Å²) in [5.41, 5.74) is 7.37. The fourth-order valence-electron chi connectivity index (χ4n) is 1.73. The normalized spacial score (nSPS) is 10.3. The first-order valence-corrected chi connectivity index (χ1v) is 5.95. The lowest BCUT2D eigenvalue weighted by Gasteiger charge is -2.12. The van der Waals surface area contributed by atoms with Crippen LogP contribution in [-0.4, -0.2) is 7.11 Å². The molecule has 0 saturated carbocycles. The zero-order valence-electron chi connectivity index (χ0n) is 10.9. The van der Waals surface area contributed by atoms with Crippen molar-refractivity contribution >= 4 is 0 Å². The lowest BCUT2D eigenvalue weighted by molar-refractivity contribution is 0.403. The van der Waals surface area contributed by atoms with Gasteiger partial charge in [0.2, 0.25) is 0 Å². The molecule has 4 heteroatoms. The Bertz CT molecular complexity index is 584. The van der Waals surface area contributed by atoms with Crippen molar-refractivity contribution in [1.29, 1.82) is 0 Å². The molecule has 2 aromatic carbocycles. The highest BCUT2D eigenvalue weighted by Crippen LogP contribution is 2.31. The van der Waals surface area contributed by atoms with Gasteiger partial charge in [-0.25, -0.2) is 4.39 Å². The third-order valence-electron chi connectivity index (χ3n) is 2.80. The van der Waals surface area contributed by atoms with Gasteiger partial charge < -0.3 is 15.2 Å². The van der Waals surface area contributed by atoms with Gasteiger partial charge in [0.05, 0.1) is 7.11 Å². The third kappa shape index (κ3) is 3.03. The molecule has 0 aliphatic heterocycles. The Kier molecular flexibility index (Phi) is 4.02. The molecule has 0 aromatic heterocycles. The van der Waals surface area contributed by atoms with E-state index in [9.17, 15) is 4.39 Å². The first kappa shape index (κ1) is 13.4. The van der Waals surface area contributed by atoms with Gasteiger partial charge >= 0.3 is 0 Å². The fourth-order valence-corrected chi connectivity index (χ4v) is 1.73. The molecule has 0 aliphatic carbocycles. The molecule has 0 amide bonds. The monoisotopic (exact) mass is 261 g/mol. The number of halogens is 1. The summed E-state index contributed by atoms with van der Waals surface area (Å²) in [6, 6.07) is 10.0. The summed E-state index contributed by atoms with van der Waals surface area (Å²) >= 11 is 0. The van der Waals surface area contributed by atoms with E-state index in [-0.39, 0.29) is 5.75 Å². The van der Waals surface area contributed by atoms with Crippen LogP contribution in [0.2, 0.25) is 0 Å². The van der Waals surface area contributed by atoms with Gasteiger partial charge in [0.15, 0.2) is 11.6 Å². The van der Waals surface area contributed by atoms with Gasteiger partial charge in [-0.2, -0.15) is 0 Å². The van der Waals surface area contributed by atoms with Gasteiger partial charge in [0.25, 0.3) is 0 Å². The van der Waals surface area contributed by atoms with E-state index in [2.05, 4.69) is 0 Å². The molecule has 3 nitrogen and oxygen atoms in total. The number of benzene rings is 2. The molecule has 0 unspecified atom stereocenters. The minimum absolute atomic E-state index is 0.183. The minimum atomic E-state index is -0.406. The predicted molar refractivity (Wildman–Crippen MR) is 72.1 cm³/mol. The molecule has 0 radical (unpaired) electrons. The fraction of sp³-hybridized carbons (Fsp3) is 0.200. The van der Waals surface area contributed by atoms with Gasteiger partial charge in [-0.1, -0.05) is 12.1 Å². The van der Waals surface area contributed by atoms with E-state index in [1.807, 2.05) is 13.0 Å². The second-order valence-electron chi connectivity index (χ2n) is 4.21. The zero-order valence-corrected chi connectivity index (χ0v) is 10.9. The smallest absolute Gasteiger partial charge is 0.165 e. The van der Waals surface area contributed by atoms with Crippen molar-refractivity contribution in [2.75, 3.05) is 7.11 Å². The predicted octanol–water partition coefficient (Wildman–Crippen LogP) is 3.39. The first-order valence-electron chi connectivity index (χ1n) is 5.95. The second kappa shape index (κ2) is 5.71. The highest BCUT2D eigenvalue weighted by molar-refractivity contribution is 5.44. The molecule has 0 fully saturated rings. The van der Waals surface area contributed by atoms with Crippen LogP contribution in [0.5, 0.6) is 17.2 Å². The summed E-state index contributed by atoms with van der Waals surface area (Å²) in [5, 5.41) is 0. The van der Waals surface area contributed by atoms with E-state index < -0.39 is 5.82 Å². The van der Waals surface area contributed by atoms with Crippen molar-refractivity contribution in [1.82, 2.24) is 0 Å². The first-order chi connectivity index (χ1) is 9.13. The van der Waals surface area contributed by atoms with Gasteiger partial charge in [-0.05, 0) is 30.7 Å². The SMILES string of the molecule is COc1ccc(CN)c(Oc2cc(C)ccc2F)c1. The zero-order chi connectivity index (χ0) is 13.8. The van der Waals surface area contributed by atoms with E-state index in [0.717, 1.165) is 11.1 Å². The molecule has 19 heavy (non-hydrogen) atoms. The number of methoxy groups -OCH3 is 1. The van der Waals surface area contributed by atoms with Crippen LogP contribution in [0.3, 0.4) is 0 Å². The van der Waals surface area contributed by atoms with Crippen molar-refractivity contribution < 1.29 is 13.9 Å². The van der Waals surface area contributed by atoms with Crippen LogP contribution in [-0.2, 0) is 6.54 Å². The van der Waals surface area contributed by atoms with Crippen LogP contribution >= 0.6 is 0 Å². The maximum atomic E-state index is 13.7. The summed E-state index contributed by atoms with van der Waals surface area (Å²) in [6.45, 7) is 2.19. The van der Waals surface area contributed by atoms with Gasteiger partial charge in [-0.3, -0.25) is 0 Å². The average molecular weight is 261 g/mol. The molecule has 0 saturated heterocycles. The Morgan fingerprint density at radius 1 is 1.11 bits per heavy atom. The molecule has 2 rings (SSSR count). The summed E-state index contributed by atoms with van der Waals surface area (Å²) < 4.78 is 24.4. The van der Waals surface area contributed by atoms with E-state index >= 15 is 0 Å². The van der Waals surface area contributed by atoms with E-state index in [0.29, 0.717) is 18.0 Å². The Hall–Kier alpha value is -2.07. The molecule has 0 bridgehead atoms. The lowest BCUT2D eigenvalue weighted by Crippen LogP contribution is -2.00.